The fraction of sp³-hybridized carbons (Fsp3) is 0.588. The van der Waals surface area contributed by atoms with Crippen LogP contribution in [0, 0.1) is 6.92 Å². The SMILES string of the molecule is CCNC(=NCc1cc(C)ccc1OC(F)F)NCCCOCC(F)(F)F. The fourth-order valence-corrected chi connectivity index (χ4v) is 2.12. The molecule has 0 bridgehead atoms. The van der Waals surface area contributed by atoms with Crippen molar-refractivity contribution < 1.29 is 31.4 Å². The van der Waals surface area contributed by atoms with Crippen molar-refractivity contribution in [1.82, 2.24) is 10.6 Å². The van der Waals surface area contributed by atoms with E-state index in [2.05, 4.69) is 25.1 Å². The monoisotopic (exact) mass is 397 g/mol. The van der Waals surface area contributed by atoms with E-state index < -0.39 is 19.4 Å². The number of aryl methyl sites for hydroxylation is 1. The van der Waals surface area contributed by atoms with Crippen molar-refractivity contribution in [3.63, 3.8) is 0 Å². The number of rotatable bonds is 10. The highest BCUT2D eigenvalue weighted by Crippen LogP contribution is 2.22. The lowest BCUT2D eigenvalue weighted by molar-refractivity contribution is -0.173. The van der Waals surface area contributed by atoms with Crippen molar-refractivity contribution in [1.29, 1.82) is 0 Å². The Hall–Kier alpha value is -2.10. The van der Waals surface area contributed by atoms with Crippen molar-refractivity contribution in [2.45, 2.75) is 39.6 Å². The molecule has 0 aliphatic carbocycles. The number of aliphatic imine (C=N–C) groups is 1. The summed E-state index contributed by atoms with van der Waals surface area (Å²) >= 11 is 0. The minimum absolute atomic E-state index is 0.0455. The van der Waals surface area contributed by atoms with E-state index in [0.29, 0.717) is 31.0 Å². The fourth-order valence-electron chi connectivity index (χ4n) is 2.12. The minimum Gasteiger partial charge on any atom is -0.434 e. The van der Waals surface area contributed by atoms with E-state index >= 15 is 0 Å². The van der Waals surface area contributed by atoms with Crippen LogP contribution < -0.4 is 15.4 Å². The van der Waals surface area contributed by atoms with Crippen LogP contribution in [0.3, 0.4) is 0 Å². The van der Waals surface area contributed by atoms with Gasteiger partial charge in [0.1, 0.15) is 12.4 Å². The molecule has 0 aromatic heterocycles. The molecule has 0 amide bonds. The molecule has 5 nitrogen and oxygen atoms in total. The summed E-state index contributed by atoms with van der Waals surface area (Å²) in [5, 5.41) is 5.92. The van der Waals surface area contributed by atoms with Gasteiger partial charge in [-0.05, 0) is 26.3 Å². The number of ether oxygens (including phenoxy) is 2. The standard InChI is InChI=1S/C17H24F5N3O2/c1-3-23-16(24-7-4-8-26-11-17(20,21)22)25-10-13-9-12(2)5-6-14(13)27-15(18)19/h5-6,9,15H,3-4,7-8,10-11H2,1-2H3,(H2,23,24,25). The third kappa shape index (κ3) is 10.6. The van der Waals surface area contributed by atoms with Crippen molar-refractivity contribution >= 4 is 5.96 Å². The average Bonchev–Trinajstić information content (AvgIpc) is 2.56. The van der Waals surface area contributed by atoms with Gasteiger partial charge in [-0.15, -0.1) is 0 Å². The van der Waals surface area contributed by atoms with Crippen molar-refractivity contribution in [3.05, 3.63) is 29.3 Å². The molecule has 1 rings (SSSR count). The van der Waals surface area contributed by atoms with Crippen LogP contribution >= 0.6 is 0 Å². The van der Waals surface area contributed by atoms with E-state index in [-0.39, 0.29) is 18.9 Å². The zero-order valence-electron chi connectivity index (χ0n) is 15.2. The Labute approximate surface area is 154 Å². The number of nitrogens with zero attached hydrogens (tertiary/aromatic N) is 1. The third-order valence-corrected chi connectivity index (χ3v) is 3.21. The first kappa shape index (κ1) is 22.9. The van der Waals surface area contributed by atoms with Gasteiger partial charge in [0.2, 0.25) is 0 Å². The van der Waals surface area contributed by atoms with Gasteiger partial charge in [0.05, 0.1) is 6.54 Å². The highest BCUT2D eigenvalue weighted by molar-refractivity contribution is 5.79. The first-order chi connectivity index (χ1) is 12.7. The molecule has 0 saturated carbocycles. The Morgan fingerprint density at radius 1 is 1.22 bits per heavy atom. The van der Waals surface area contributed by atoms with Crippen LogP contribution in [0.4, 0.5) is 22.0 Å². The molecule has 0 heterocycles. The summed E-state index contributed by atoms with van der Waals surface area (Å²) in [7, 11) is 0. The lowest BCUT2D eigenvalue weighted by atomic mass is 10.1. The number of hydrogen-bond acceptors (Lipinski definition) is 3. The number of nitrogens with one attached hydrogen (secondary N) is 2. The second-order valence-corrected chi connectivity index (χ2v) is 5.63. The van der Waals surface area contributed by atoms with E-state index in [1.807, 2.05) is 13.8 Å². The van der Waals surface area contributed by atoms with Crippen molar-refractivity contribution in [3.8, 4) is 5.75 Å². The van der Waals surface area contributed by atoms with Gasteiger partial charge in [0.15, 0.2) is 5.96 Å². The van der Waals surface area contributed by atoms with Crippen molar-refractivity contribution in [2.24, 2.45) is 4.99 Å². The Morgan fingerprint density at radius 2 is 1.96 bits per heavy atom. The van der Waals surface area contributed by atoms with E-state index in [9.17, 15) is 22.0 Å². The Bertz CT molecular complexity index is 594. The maximum absolute atomic E-state index is 12.5. The molecule has 0 fully saturated rings. The molecule has 10 heteroatoms. The number of guanidine groups is 1. The first-order valence-electron chi connectivity index (χ1n) is 8.42. The molecule has 154 valence electrons. The molecule has 2 N–H and O–H groups in total. The third-order valence-electron chi connectivity index (χ3n) is 3.21. The van der Waals surface area contributed by atoms with Gasteiger partial charge in [-0.3, -0.25) is 0 Å². The van der Waals surface area contributed by atoms with Crippen LogP contribution in [-0.4, -0.2) is 45.1 Å². The number of hydrogen-bond donors (Lipinski definition) is 2. The molecule has 0 atom stereocenters. The molecule has 27 heavy (non-hydrogen) atoms. The van der Waals surface area contributed by atoms with Crippen LogP contribution in [0.5, 0.6) is 5.75 Å². The highest BCUT2D eigenvalue weighted by Gasteiger charge is 2.27. The molecule has 0 spiro atoms. The zero-order valence-corrected chi connectivity index (χ0v) is 15.2. The Kier molecular flexibility index (Phi) is 9.84. The Morgan fingerprint density at radius 3 is 2.59 bits per heavy atom. The predicted octanol–water partition coefficient (Wildman–Crippen LogP) is 3.62. The molecule has 0 radical (unpaired) electrons. The normalized spacial score (nSPS) is 12.4. The summed E-state index contributed by atoms with van der Waals surface area (Å²) in [6.45, 7) is 0.424. The summed E-state index contributed by atoms with van der Waals surface area (Å²) in [6, 6.07) is 4.83. The zero-order chi connectivity index (χ0) is 20.3. The average molecular weight is 397 g/mol. The topological polar surface area (TPSA) is 54.9 Å². The van der Waals surface area contributed by atoms with E-state index in [1.54, 1.807) is 12.1 Å². The maximum atomic E-state index is 12.5. The van der Waals surface area contributed by atoms with Gasteiger partial charge in [-0.2, -0.15) is 22.0 Å². The van der Waals surface area contributed by atoms with E-state index in [0.717, 1.165) is 5.56 Å². The number of benzene rings is 1. The highest BCUT2D eigenvalue weighted by atomic mass is 19.4. The summed E-state index contributed by atoms with van der Waals surface area (Å²) in [4.78, 5) is 4.30. The summed E-state index contributed by atoms with van der Waals surface area (Å²) in [5.41, 5.74) is 1.38. The Balaban J connectivity index is 2.57. The van der Waals surface area contributed by atoms with Crippen molar-refractivity contribution in [2.75, 3.05) is 26.3 Å². The smallest absolute Gasteiger partial charge is 0.411 e. The summed E-state index contributed by atoms with van der Waals surface area (Å²) < 4.78 is 69.9. The van der Waals surface area contributed by atoms with Crippen LogP contribution in [0.15, 0.2) is 23.2 Å². The van der Waals surface area contributed by atoms with Crippen LogP contribution in [0.2, 0.25) is 0 Å². The van der Waals surface area contributed by atoms with Gasteiger partial charge in [-0.25, -0.2) is 4.99 Å². The molecule has 0 aliphatic heterocycles. The van der Waals surface area contributed by atoms with E-state index in [4.69, 9.17) is 0 Å². The minimum atomic E-state index is -4.34. The van der Waals surface area contributed by atoms with Crippen LogP contribution in [0.1, 0.15) is 24.5 Å². The van der Waals surface area contributed by atoms with Gasteiger partial charge in [0, 0.05) is 25.3 Å². The maximum Gasteiger partial charge on any atom is 0.411 e. The van der Waals surface area contributed by atoms with Crippen LogP contribution in [-0.2, 0) is 11.3 Å². The molecular formula is C17H24F5N3O2. The number of halogens is 5. The van der Waals surface area contributed by atoms with Gasteiger partial charge in [-0.1, -0.05) is 17.7 Å². The van der Waals surface area contributed by atoms with Gasteiger partial charge < -0.3 is 20.1 Å². The molecule has 0 unspecified atom stereocenters. The quantitative estimate of drug-likeness (QED) is 0.274. The lowest BCUT2D eigenvalue weighted by Crippen LogP contribution is -2.38. The molecule has 1 aromatic rings. The predicted molar refractivity (Wildman–Crippen MR) is 92.1 cm³/mol. The second-order valence-electron chi connectivity index (χ2n) is 5.63. The second kappa shape index (κ2) is 11.6. The molecule has 0 saturated heterocycles. The van der Waals surface area contributed by atoms with Crippen LogP contribution in [0.25, 0.3) is 0 Å². The summed E-state index contributed by atoms with van der Waals surface area (Å²) in [5.74, 6) is 0.466. The van der Waals surface area contributed by atoms with Gasteiger partial charge >= 0.3 is 12.8 Å². The molecule has 0 aliphatic rings. The lowest BCUT2D eigenvalue weighted by Gasteiger charge is -2.13. The summed E-state index contributed by atoms with van der Waals surface area (Å²) in [6.07, 6.45) is -3.99. The number of alkyl halides is 5. The molecular weight excluding hydrogens is 373 g/mol. The van der Waals surface area contributed by atoms with E-state index in [1.165, 1.54) is 6.07 Å². The van der Waals surface area contributed by atoms with Gasteiger partial charge in [0.25, 0.3) is 0 Å². The largest absolute Gasteiger partial charge is 0.434 e. The first-order valence-corrected chi connectivity index (χ1v) is 8.42. The molecule has 1 aromatic carbocycles.